The molecule has 31 heavy (non-hydrogen) atoms. The Morgan fingerprint density at radius 1 is 1.06 bits per heavy atom. The molecule has 0 radical (unpaired) electrons. The Hall–Kier alpha value is -2.14. The molecular formula is C25H31Cl2N3O. The maximum absolute atomic E-state index is 13.5. The van der Waals surface area contributed by atoms with Crippen LogP contribution in [-0.2, 0) is 0 Å². The largest absolute Gasteiger partial charge is 0.339 e. The molecule has 1 aliphatic rings. The molecule has 0 bridgehead atoms. The van der Waals surface area contributed by atoms with Gasteiger partial charge in [0.1, 0.15) is 0 Å². The fraction of sp³-hybridized carbons (Fsp3) is 0.360. The van der Waals surface area contributed by atoms with Gasteiger partial charge in [0.15, 0.2) is 0 Å². The Morgan fingerprint density at radius 2 is 1.74 bits per heavy atom. The molecule has 1 saturated heterocycles. The quantitative estimate of drug-likeness (QED) is 0.557. The molecule has 1 unspecified atom stereocenters. The highest BCUT2D eigenvalue weighted by molar-refractivity contribution is 6.07. The topological polar surface area (TPSA) is 59.2 Å². The van der Waals surface area contributed by atoms with E-state index in [1.807, 2.05) is 35.2 Å². The summed E-state index contributed by atoms with van der Waals surface area (Å²) in [5.74, 6) is 0.594. The first-order chi connectivity index (χ1) is 13.9. The van der Waals surface area contributed by atoms with Gasteiger partial charge in [-0.15, -0.1) is 24.8 Å². The zero-order chi connectivity index (χ0) is 20.5. The van der Waals surface area contributed by atoms with E-state index in [0.717, 1.165) is 53.7 Å². The van der Waals surface area contributed by atoms with Crippen molar-refractivity contribution < 1.29 is 4.79 Å². The average molecular weight is 460 g/mol. The molecule has 166 valence electrons. The fourth-order valence-corrected chi connectivity index (χ4v) is 4.39. The summed E-state index contributed by atoms with van der Waals surface area (Å²) in [5, 5.41) is 0.917. The lowest BCUT2D eigenvalue weighted by atomic mass is 9.90. The van der Waals surface area contributed by atoms with Crippen LogP contribution >= 0.6 is 24.8 Å². The van der Waals surface area contributed by atoms with E-state index in [2.05, 4.69) is 39.0 Å². The number of piperidine rings is 1. The van der Waals surface area contributed by atoms with Crippen molar-refractivity contribution >= 4 is 41.6 Å². The fourth-order valence-electron chi connectivity index (χ4n) is 4.39. The Kier molecular flexibility index (Phi) is 8.47. The molecule has 1 fully saturated rings. The van der Waals surface area contributed by atoms with Crippen molar-refractivity contribution in [2.45, 2.75) is 39.7 Å². The van der Waals surface area contributed by atoms with Gasteiger partial charge in [-0.2, -0.15) is 0 Å². The Morgan fingerprint density at radius 3 is 2.39 bits per heavy atom. The number of nitrogens with zero attached hydrogens (tertiary/aromatic N) is 2. The molecule has 2 aromatic carbocycles. The van der Waals surface area contributed by atoms with E-state index in [4.69, 9.17) is 10.7 Å². The number of halogens is 2. The number of para-hydroxylation sites is 1. The van der Waals surface area contributed by atoms with Gasteiger partial charge >= 0.3 is 0 Å². The summed E-state index contributed by atoms with van der Waals surface area (Å²) in [6.45, 7) is 7.78. The third kappa shape index (κ3) is 5.20. The van der Waals surface area contributed by atoms with Gasteiger partial charge in [0.2, 0.25) is 0 Å². The standard InChI is InChI=1S/C25H29N3O.2ClH/c1-16-8-9-20(17(2)14-16)24-15-22(21-6-4-5-7-23(21)27-24)25(29)28-12-10-19(11-13-28)18(3)26;;/h4-9,14-15,18-19H,10-13,26H2,1-3H3;2*1H. The minimum absolute atomic E-state index is 0. The SMILES string of the molecule is Cc1ccc(-c2cc(C(=O)N3CCC(C(C)N)CC3)c3ccccc3n2)c(C)c1.Cl.Cl. The predicted molar refractivity (Wildman–Crippen MR) is 133 cm³/mol. The van der Waals surface area contributed by atoms with Crippen molar-refractivity contribution in [2.75, 3.05) is 13.1 Å². The first kappa shape index (κ1) is 25.1. The average Bonchev–Trinajstić information content (AvgIpc) is 2.72. The number of benzene rings is 2. The van der Waals surface area contributed by atoms with Gasteiger partial charge in [0, 0.05) is 30.1 Å². The lowest BCUT2D eigenvalue weighted by molar-refractivity contribution is 0.0683. The monoisotopic (exact) mass is 459 g/mol. The summed E-state index contributed by atoms with van der Waals surface area (Å²) in [6.07, 6.45) is 1.94. The molecule has 2 N–H and O–H groups in total. The summed E-state index contributed by atoms with van der Waals surface area (Å²) in [7, 11) is 0. The molecule has 1 amide bonds. The van der Waals surface area contributed by atoms with Crippen molar-refractivity contribution in [2.24, 2.45) is 11.7 Å². The number of hydrogen-bond donors (Lipinski definition) is 1. The van der Waals surface area contributed by atoms with Gasteiger partial charge in [-0.1, -0.05) is 42.0 Å². The molecule has 0 aliphatic carbocycles. The molecular weight excluding hydrogens is 429 g/mol. The highest BCUT2D eigenvalue weighted by Crippen LogP contribution is 2.29. The number of nitrogens with two attached hydrogens (primary N) is 1. The zero-order valence-electron chi connectivity index (χ0n) is 18.3. The first-order valence-corrected chi connectivity index (χ1v) is 10.5. The van der Waals surface area contributed by atoms with E-state index in [0.29, 0.717) is 5.92 Å². The normalized spacial score (nSPS) is 15.2. The molecule has 3 aromatic rings. The molecule has 1 aromatic heterocycles. The third-order valence-corrected chi connectivity index (χ3v) is 6.17. The Bertz CT molecular complexity index is 1060. The van der Waals surface area contributed by atoms with Crippen LogP contribution in [0.15, 0.2) is 48.5 Å². The van der Waals surface area contributed by atoms with Gasteiger partial charge in [0.25, 0.3) is 5.91 Å². The number of rotatable bonds is 3. The Balaban J connectivity index is 0.00000171. The number of aromatic nitrogens is 1. The van der Waals surface area contributed by atoms with Gasteiger partial charge in [-0.25, -0.2) is 4.98 Å². The molecule has 2 heterocycles. The van der Waals surface area contributed by atoms with E-state index in [1.165, 1.54) is 11.1 Å². The van der Waals surface area contributed by atoms with Crippen molar-refractivity contribution in [3.63, 3.8) is 0 Å². The zero-order valence-corrected chi connectivity index (χ0v) is 19.9. The summed E-state index contributed by atoms with van der Waals surface area (Å²) >= 11 is 0. The second-order valence-corrected chi connectivity index (χ2v) is 8.38. The number of amides is 1. The van der Waals surface area contributed by atoms with Crippen LogP contribution in [-0.4, -0.2) is 34.9 Å². The number of hydrogen-bond acceptors (Lipinski definition) is 3. The van der Waals surface area contributed by atoms with Crippen LogP contribution in [0.5, 0.6) is 0 Å². The van der Waals surface area contributed by atoms with E-state index in [1.54, 1.807) is 0 Å². The predicted octanol–water partition coefficient (Wildman–Crippen LogP) is 5.56. The number of pyridine rings is 1. The van der Waals surface area contributed by atoms with Gasteiger partial charge in [-0.05, 0) is 57.2 Å². The van der Waals surface area contributed by atoms with Crippen LogP contribution in [0.25, 0.3) is 22.2 Å². The van der Waals surface area contributed by atoms with Crippen LogP contribution in [0.4, 0.5) is 0 Å². The molecule has 1 atom stereocenters. The second kappa shape index (κ2) is 10.4. The summed E-state index contributed by atoms with van der Waals surface area (Å²) < 4.78 is 0. The summed E-state index contributed by atoms with van der Waals surface area (Å²) in [6, 6.07) is 16.4. The van der Waals surface area contributed by atoms with Crippen LogP contribution in [0.1, 0.15) is 41.3 Å². The highest BCUT2D eigenvalue weighted by Gasteiger charge is 2.27. The third-order valence-electron chi connectivity index (χ3n) is 6.17. The van der Waals surface area contributed by atoms with E-state index >= 15 is 0 Å². The molecule has 4 rings (SSSR count). The van der Waals surface area contributed by atoms with E-state index in [-0.39, 0.29) is 36.8 Å². The molecule has 1 aliphatic heterocycles. The molecule has 4 nitrogen and oxygen atoms in total. The van der Waals surface area contributed by atoms with Crippen LogP contribution in [0, 0.1) is 19.8 Å². The first-order valence-electron chi connectivity index (χ1n) is 10.5. The maximum atomic E-state index is 13.5. The van der Waals surface area contributed by atoms with Crippen LogP contribution in [0.2, 0.25) is 0 Å². The minimum atomic E-state index is 0. The van der Waals surface area contributed by atoms with Gasteiger partial charge in [0.05, 0.1) is 16.8 Å². The molecule has 0 saturated carbocycles. The van der Waals surface area contributed by atoms with Crippen LogP contribution < -0.4 is 5.73 Å². The van der Waals surface area contributed by atoms with Crippen LogP contribution in [0.3, 0.4) is 0 Å². The highest BCUT2D eigenvalue weighted by atomic mass is 35.5. The van der Waals surface area contributed by atoms with Crippen molar-refractivity contribution in [1.29, 1.82) is 0 Å². The second-order valence-electron chi connectivity index (χ2n) is 8.38. The summed E-state index contributed by atoms with van der Waals surface area (Å²) in [4.78, 5) is 20.3. The number of likely N-dealkylation sites (tertiary alicyclic amines) is 1. The number of aryl methyl sites for hydroxylation is 2. The van der Waals surface area contributed by atoms with Gasteiger partial charge in [-0.3, -0.25) is 4.79 Å². The molecule has 0 spiro atoms. The maximum Gasteiger partial charge on any atom is 0.254 e. The Labute approximate surface area is 197 Å². The lowest BCUT2D eigenvalue weighted by Crippen LogP contribution is -2.42. The summed E-state index contributed by atoms with van der Waals surface area (Å²) in [5.41, 5.74) is 12.0. The van der Waals surface area contributed by atoms with Crippen molar-refractivity contribution in [3.05, 3.63) is 65.2 Å². The number of carbonyl (C=O) groups excluding carboxylic acids is 1. The molecule has 6 heteroatoms. The van der Waals surface area contributed by atoms with Gasteiger partial charge < -0.3 is 10.6 Å². The van der Waals surface area contributed by atoms with Crippen molar-refractivity contribution in [3.8, 4) is 11.3 Å². The van der Waals surface area contributed by atoms with Crippen molar-refractivity contribution in [1.82, 2.24) is 9.88 Å². The smallest absolute Gasteiger partial charge is 0.254 e. The van der Waals surface area contributed by atoms with E-state index in [9.17, 15) is 4.79 Å². The number of carbonyl (C=O) groups is 1. The van der Waals surface area contributed by atoms with E-state index < -0.39 is 0 Å². The lowest BCUT2D eigenvalue weighted by Gasteiger charge is -2.34. The number of fused-ring (bicyclic) bond motifs is 1. The minimum Gasteiger partial charge on any atom is -0.339 e.